The zero-order valence-corrected chi connectivity index (χ0v) is 16.1. The Balaban J connectivity index is 1.28. The Labute approximate surface area is 167 Å². The summed E-state index contributed by atoms with van der Waals surface area (Å²) in [5.41, 5.74) is 4.15. The van der Waals surface area contributed by atoms with Gasteiger partial charge < -0.3 is 9.88 Å². The second-order valence-corrected chi connectivity index (χ2v) is 7.37. The van der Waals surface area contributed by atoms with Gasteiger partial charge in [0, 0.05) is 36.4 Å². The molecule has 0 saturated carbocycles. The third-order valence-electron chi connectivity index (χ3n) is 4.35. The number of nitrogens with zero attached hydrogens (tertiary/aromatic N) is 3. The van der Waals surface area contributed by atoms with E-state index in [4.69, 9.17) is 0 Å². The topological polar surface area (TPSA) is 59.8 Å². The first kappa shape index (κ1) is 18.1. The Bertz CT molecular complexity index is 1020. The van der Waals surface area contributed by atoms with E-state index in [9.17, 15) is 4.79 Å². The maximum Gasteiger partial charge on any atom is 0.226 e. The lowest BCUT2D eigenvalue weighted by molar-refractivity contribution is -0.120. The van der Waals surface area contributed by atoms with Crippen LogP contribution in [0.4, 0.5) is 0 Å². The molecule has 0 saturated heterocycles. The summed E-state index contributed by atoms with van der Waals surface area (Å²) in [5, 5.41) is 5.86. The van der Waals surface area contributed by atoms with Crippen LogP contribution in [0.5, 0.6) is 0 Å². The fourth-order valence-electron chi connectivity index (χ4n) is 2.88. The quantitative estimate of drug-likeness (QED) is 0.522. The van der Waals surface area contributed by atoms with E-state index in [1.807, 2.05) is 58.6 Å². The normalized spacial score (nSPS) is 10.7. The zero-order valence-electron chi connectivity index (χ0n) is 15.3. The molecule has 2 aromatic carbocycles. The summed E-state index contributed by atoms with van der Waals surface area (Å²) in [4.78, 5) is 20.9. The van der Waals surface area contributed by atoms with E-state index in [0.717, 1.165) is 28.4 Å². The first-order valence-electron chi connectivity index (χ1n) is 9.06. The predicted molar refractivity (Wildman–Crippen MR) is 111 cm³/mol. The number of benzene rings is 2. The number of hydrogen-bond donors (Lipinski definition) is 1. The maximum absolute atomic E-state index is 12.3. The summed E-state index contributed by atoms with van der Waals surface area (Å²) >= 11 is 1.56. The van der Waals surface area contributed by atoms with Crippen LogP contribution in [0.2, 0.25) is 0 Å². The fraction of sp³-hybridized carbons (Fsp3) is 0.136. The molecule has 0 aliphatic rings. The van der Waals surface area contributed by atoms with Gasteiger partial charge in [-0.2, -0.15) is 0 Å². The number of amides is 1. The molecule has 28 heavy (non-hydrogen) atoms. The standard InChI is InChI=1S/C22H20N4OS/c27-21(12-20-15-28-22(25-20)19-4-2-1-3-5-19)24-13-17-6-8-18(9-7-17)14-26-11-10-23-16-26/h1-11,15-16H,12-14H2,(H,24,27). The van der Waals surface area contributed by atoms with Crippen molar-refractivity contribution >= 4 is 17.2 Å². The molecule has 6 heteroatoms. The molecule has 0 atom stereocenters. The molecule has 2 aromatic heterocycles. The van der Waals surface area contributed by atoms with Gasteiger partial charge in [0.15, 0.2) is 0 Å². The average molecular weight is 388 g/mol. The highest BCUT2D eigenvalue weighted by molar-refractivity contribution is 7.13. The first-order chi connectivity index (χ1) is 13.8. The smallest absolute Gasteiger partial charge is 0.226 e. The highest BCUT2D eigenvalue weighted by atomic mass is 32.1. The number of nitrogens with one attached hydrogen (secondary N) is 1. The molecule has 0 radical (unpaired) electrons. The molecule has 0 fully saturated rings. The van der Waals surface area contributed by atoms with Gasteiger partial charge in [0.1, 0.15) is 5.01 Å². The molecule has 4 aromatic rings. The van der Waals surface area contributed by atoms with Crippen molar-refractivity contribution in [1.82, 2.24) is 19.9 Å². The molecular formula is C22H20N4OS. The number of imidazole rings is 1. The predicted octanol–water partition coefficient (Wildman–Crippen LogP) is 3.91. The van der Waals surface area contributed by atoms with Gasteiger partial charge in [-0.05, 0) is 11.1 Å². The lowest BCUT2D eigenvalue weighted by atomic mass is 10.1. The Morgan fingerprint density at radius 2 is 1.82 bits per heavy atom. The molecule has 5 nitrogen and oxygen atoms in total. The van der Waals surface area contributed by atoms with E-state index in [2.05, 4.69) is 27.4 Å². The summed E-state index contributed by atoms with van der Waals surface area (Å²) in [7, 11) is 0. The van der Waals surface area contributed by atoms with Gasteiger partial charge in [-0.25, -0.2) is 9.97 Å². The van der Waals surface area contributed by atoms with Gasteiger partial charge in [-0.1, -0.05) is 54.6 Å². The van der Waals surface area contributed by atoms with Crippen molar-refractivity contribution < 1.29 is 4.79 Å². The van der Waals surface area contributed by atoms with Gasteiger partial charge in [-0.15, -0.1) is 11.3 Å². The lowest BCUT2D eigenvalue weighted by Gasteiger charge is -2.07. The molecule has 1 amide bonds. The molecule has 0 spiro atoms. The minimum atomic E-state index is -0.0209. The van der Waals surface area contributed by atoms with E-state index in [0.29, 0.717) is 13.0 Å². The van der Waals surface area contributed by atoms with Crippen LogP contribution in [-0.2, 0) is 24.3 Å². The second-order valence-electron chi connectivity index (χ2n) is 6.52. The SMILES string of the molecule is O=C(Cc1csc(-c2ccccc2)n1)NCc1ccc(Cn2ccnc2)cc1. The highest BCUT2D eigenvalue weighted by Crippen LogP contribution is 2.23. The molecule has 1 N–H and O–H groups in total. The Morgan fingerprint density at radius 1 is 1.04 bits per heavy atom. The Hall–Kier alpha value is -3.25. The summed E-state index contributed by atoms with van der Waals surface area (Å²) in [5.74, 6) is -0.0209. The number of aromatic nitrogens is 3. The van der Waals surface area contributed by atoms with Gasteiger partial charge in [0.05, 0.1) is 18.4 Å². The van der Waals surface area contributed by atoms with Crippen LogP contribution in [0.25, 0.3) is 10.6 Å². The van der Waals surface area contributed by atoms with Crippen LogP contribution >= 0.6 is 11.3 Å². The fourth-order valence-corrected chi connectivity index (χ4v) is 3.71. The van der Waals surface area contributed by atoms with Crippen molar-refractivity contribution in [1.29, 1.82) is 0 Å². The average Bonchev–Trinajstić information content (AvgIpc) is 3.40. The Morgan fingerprint density at radius 3 is 2.57 bits per heavy atom. The molecule has 0 unspecified atom stereocenters. The van der Waals surface area contributed by atoms with Gasteiger partial charge in [0.25, 0.3) is 0 Å². The van der Waals surface area contributed by atoms with E-state index in [1.54, 1.807) is 23.9 Å². The summed E-state index contributed by atoms with van der Waals surface area (Å²) in [6.45, 7) is 1.31. The van der Waals surface area contributed by atoms with Crippen LogP contribution in [-0.4, -0.2) is 20.4 Å². The molecule has 0 aliphatic heterocycles. The van der Waals surface area contributed by atoms with Crippen molar-refractivity contribution in [2.45, 2.75) is 19.5 Å². The van der Waals surface area contributed by atoms with Crippen molar-refractivity contribution in [2.75, 3.05) is 0 Å². The first-order valence-corrected chi connectivity index (χ1v) is 9.94. The van der Waals surface area contributed by atoms with Crippen molar-refractivity contribution in [3.05, 3.63) is 95.5 Å². The minimum Gasteiger partial charge on any atom is -0.352 e. The number of rotatable bonds is 7. The van der Waals surface area contributed by atoms with Crippen LogP contribution in [0.15, 0.2) is 78.7 Å². The van der Waals surface area contributed by atoms with Crippen LogP contribution in [0, 0.1) is 0 Å². The third-order valence-corrected chi connectivity index (χ3v) is 5.29. The molecule has 0 bridgehead atoms. The van der Waals surface area contributed by atoms with E-state index < -0.39 is 0 Å². The van der Waals surface area contributed by atoms with Crippen molar-refractivity contribution in [2.24, 2.45) is 0 Å². The van der Waals surface area contributed by atoms with Gasteiger partial charge >= 0.3 is 0 Å². The van der Waals surface area contributed by atoms with E-state index >= 15 is 0 Å². The van der Waals surface area contributed by atoms with Crippen LogP contribution in [0.1, 0.15) is 16.8 Å². The minimum absolute atomic E-state index is 0.0209. The number of carbonyl (C=O) groups is 1. The molecule has 4 rings (SSSR count). The summed E-state index contributed by atoms with van der Waals surface area (Å²) in [6, 6.07) is 18.3. The van der Waals surface area contributed by atoms with E-state index in [-0.39, 0.29) is 5.91 Å². The molecular weight excluding hydrogens is 368 g/mol. The summed E-state index contributed by atoms with van der Waals surface area (Å²) < 4.78 is 2.02. The number of thiazole rings is 1. The Kier molecular flexibility index (Phi) is 5.58. The number of hydrogen-bond acceptors (Lipinski definition) is 4. The number of carbonyl (C=O) groups excluding carboxylic acids is 1. The van der Waals surface area contributed by atoms with Crippen LogP contribution in [0.3, 0.4) is 0 Å². The zero-order chi connectivity index (χ0) is 19.2. The molecule has 2 heterocycles. The molecule has 0 aliphatic carbocycles. The maximum atomic E-state index is 12.3. The second kappa shape index (κ2) is 8.63. The van der Waals surface area contributed by atoms with E-state index in [1.165, 1.54) is 5.56 Å². The largest absolute Gasteiger partial charge is 0.352 e. The van der Waals surface area contributed by atoms with Crippen molar-refractivity contribution in [3.63, 3.8) is 0 Å². The third kappa shape index (κ3) is 4.72. The molecule has 140 valence electrons. The summed E-state index contributed by atoms with van der Waals surface area (Å²) in [6.07, 6.45) is 5.81. The van der Waals surface area contributed by atoms with Crippen molar-refractivity contribution in [3.8, 4) is 10.6 Å². The van der Waals surface area contributed by atoms with Gasteiger partial charge in [-0.3, -0.25) is 4.79 Å². The lowest BCUT2D eigenvalue weighted by Crippen LogP contribution is -2.24. The van der Waals surface area contributed by atoms with Gasteiger partial charge in [0.2, 0.25) is 5.91 Å². The van der Waals surface area contributed by atoms with Crippen LogP contribution < -0.4 is 5.32 Å². The monoisotopic (exact) mass is 388 g/mol. The highest BCUT2D eigenvalue weighted by Gasteiger charge is 2.09.